The number of nitrogens with zero attached hydrogens (tertiary/aromatic N) is 1. The molecule has 0 amide bonds. The molecular formula is C55H39NO. The lowest BCUT2D eigenvalue weighted by Gasteiger charge is -2.29. The molecule has 1 aliphatic carbocycles. The van der Waals surface area contributed by atoms with Gasteiger partial charge in [-0.2, -0.15) is 0 Å². The summed E-state index contributed by atoms with van der Waals surface area (Å²) in [5.41, 5.74) is 17.7. The van der Waals surface area contributed by atoms with Crippen LogP contribution in [0.15, 0.2) is 200 Å². The van der Waals surface area contributed by atoms with E-state index in [4.69, 9.17) is 4.74 Å². The molecule has 2 nitrogen and oxygen atoms in total. The van der Waals surface area contributed by atoms with E-state index >= 15 is 0 Å². The summed E-state index contributed by atoms with van der Waals surface area (Å²) in [5, 5.41) is 2.47. The van der Waals surface area contributed by atoms with Crippen LogP contribution in [0.3, 0.4) is 0 Å². The van der Waals surface area contributed by atoms with Crippen LogP contribution in [0.25, 0.3) is 66.4 Å². The Morgan fingerprint density at radius 2 is 0.912 bits per heavy atom. The molecular weight excluding hydrogens is 691 g/mol. The highest BCUT2D eigenvalue weighted by molar-refractivity contribution is 5.96. The second kappa shape index (κ2) is 13.0. The SMILES string of the molecule is CC1(C)c2ccccc2-c2ccc(N(c3ccc(-c4ccccc4)cc3)c3ccc4c(c3)-c3cc(-c5ccc6ccccc6c5)ccc3-c3ccccc3O4)cc21. The molecule has 0 bridgehead atoms. The topological polar surface area (TPSA) is 12.5 Å². The van der Waals surface area contributed by atoms with Gasteiger partial charge >= 0.3 is 0 Å². The Kier molecular flexibility index (Phi) is 7.55. The molecule has 9 aromatic rings. The summed E-state index contributed by atoms with van der Waals surface area (Å²) in [4.78, 5) is 2.40. The van der Waals surface area contributed by atoms with E-state index in [1.165, 1.54) is 55.3 Å². The minimum atomic E-state index is -0.129. The zero-order valence-corrected chi connectivity index (χ0v) is 31.9. The molecule has 1 aliphatic heterocycles. The molecule has 0 saturated carbocycles. The lowest BCUT2D eigenvalue weighted by Crippen LogP contribution is -2.16. The standard InChI is InChI=1S/C55H39NO/c1-55(2)51-18-10-8-16-46(51)47-30-27-44(35-52(47)55)56(42-25-22-38(23-26-42)36-12-4-3-5-13-36)43-28-31-54-50(34-43)49-33-41(40-21-20-37-14-6-7-15-39(37)32-40)24-29-45(49)48-17-9-11-19-53(48)57-54/h3-35H,1-2H3. The summed E-state index contributed by atoms with van der Waals surface area (Å²) in [7, 11) is 0. The Morgan fingerprint density at radius 3 is 1.77 bits per heavy atom. The Labute approximate surface area is 333 Å². The average Bonchev–Trinajstić information content (AvgIpc) is 3.40. The third kappa shape index (κ3) is 5.48. The van der Waals surface area contributed by atoms with Crippen molar-refractivity contribution in [2.45, 2.75) is 19.3 Å². The van der Waals surface area contributed by atoms with E-state index < -0.39 is 0 Å². The van der Waals surface area contributed by atoms with Crippen molar-refractivity contribution in [3.63, 3.8) is 0 Å². The van der Waals surface area contributed by atoms with Crippen LogP contribution < -0.4 is 9.64 Å². The predicted molar refractivity (Wildman–Crippen MR) is 238 cm³/mol. The van der Waals surface area contributed by atoms with Crippen molar-refractivity contribution in [3.05, 3.63) is 211 Å². The van der Waals surface area contributed by atoms with Crippen molar-refractivity contribution in [2.24, 2.45) is 0 Å². The van der Waals surface area contributed by atoms with Crippen LogP contribution in [0.1, 0.15) is 25.0 Å². The van der Waals surface area contributed by atoms with Crippen molar-refractivity contribution >= 4 is 27.8 Å². The summed E-state index contributed by atoms with van der Waals surface area (Å²) < 4.78 is 6.80. The maximum absolute atomic E-state index is 6.80. The van der Waals surface area contributed by atoms with E-state index in [9.17, 15) is 0 Å². The molecule has 0 radical (unpaired) electrons. The number of anilines is 3. The quantitative estimate of drug-likeness (QED) is 0.175. The van der Waals surface area contributed by atoms with Crippen LogP contribution in [0.5, 0.6) is 11.5 Å². The number of hydrogen-bond donors (Lipinski definition) is 0. The summed E-state index contributed by atoms with van der Waals surface area (Å²) in [6.07, 6.45) is 0. The zero-order chi connectivity index (χ0) is 38.1. The Bertz CT molecular complexity index is 3010. The van der Waals surface area contributed by atoms with Gasteiger partial charge in [-0.25, -0.2) is 0 Å². The molecule has 0 spiro atoms. The third-order valence-electron chi connectivity index (χ3n) is 12.1. The monoisotopic (exact) mass is 729 g/mol. The molecule has 57 heavy (non-hydrogen) atoms. The van der Waals surface area contributed by atoms with E-state index in [0.29, 0.717) is 0 Å². The summed E-state index contributed by atoms with van der Waals surface area (Å²) in [5.74, 6) is 1.70. The lowest BCUT2D eigenvalue weighted by atomic mass is 9.82. The molecule has 9 aromatic carbocycles. The van der Waals surface area contributed by atoms with Crippen LogP contribution in [0.4, 0.5) is 17.1 Å². The van der Waals surface area contributed by atoms with Crippen LogP contribution >= 0.6 is 0 Å². The van der Waals surface area contributed by atoms with Crippen molar-refractivity contribution < 1.29 is 4.74 Å². The number of benzene rings is 9. The van der Waals surface area contributed by atoms with Crippen LogP contribution in [0.2, 0.25) is 0 Å². The maximum atomic E-state index is 6.80. The first-order valence-electron chi connectivity index (χ1n) is 19.7. The molecule has 2 heteroatoms. The highest BCUT2D eigenvalue weighted by Gasteiger charge is 2.36. The predicted octanol–water partition coefficient (Wildman–Crippen LogP) is 15.4. The van der Waals surface area contributed by atoms with Crippen molar-refractivity contribution in [3.8, 4) is 67.1 Å². The molecule has 2 aliphatic rings. The van der Waals surface area contributed by atoms with Gasteiger partial charge in [-0.1, -0.05) is 153 Å². The van der Waals surface area contributed by atoms with E-state index in [1.54, 1.807) is 0 Å². The molecule has 0 fully saturated rings. The van der Waals surface area contributed by atoms with Crippen LogP contribution in [-0.2, 0) is 5.41 Å². The lowest BCUT2D eigenvalue weighted by molar-refractivity contribution is 0.488. The molecule has 0 saturated heterocycles. The van der Waals surface area contributed by atoms with Crippen LogP contribution in [-0.4, -0.2) is 0 Å². The van der Waals surface area contributed by atoms with Gasteiger partial charge in [0.15, 0.2) is 0 Å². The molecule has 0 aromatic heterocycles. The fourth-order valence-corrected chi connectivity index (χ4v) is 9.12. The Morgan fingerprint density at radius 1 is 0.333 bits per heavy atom. The van der Waals surface area contributed by atoms with E-state index in [2.05, 4.69) is 219 Å². The van der Waals surface area contributed by atoms with Crippen molar-refractivity contribution in [1.29, 1.82) is 0 Å². The zero-order valence-electron chi connectivity index (χ0n) is 31.9. The van der Waals surface area contributed by atoms with Gasteiger partial charge in [0, 0.05) is 33.6 Å². The number of ether oxygens (including phenoxy) is 1. The highest BCUT2D eigenvalue weighted by atomic mass is 16.5. The minimum Gasteiger partial charge on any atom is -0.456 e. The fourth-order valence-electron chi connectivity index (χ4n) is 9.12. The summed E-state index contributed by atoms with van der Waals surface area (Å²) in [6.45, 7) is 4.70. The Hall–Kier alpha value is -7.16. The number of rotatable bonds is 5. The van der Waals surface area contributed by atoms with E-state index in [0.717, 1.165) is 50.8 Å². The smallest absolute Gasteiger partial charge is 0.135 e. The van der Waals surface area contributed by atoms with Gasteiger partial charge in [0.2, 0.25) is 0 Å². The summed E-state index contributed by atoms with van der Waals surface area (Å²) in [6, 6.07) is 72.7. The second-order valence-electron chi connectivity index (χ2n) is 15.7. The van der Waals surface area contributed by atoms with Gasteiger partial charge in [-0.15, -0.1) is 0 Å². The van der Waals surface area contributed by atoms with Gasteiger partial charge < -0.3 is 9.64 Å². The molecule has 0 N–H and O–H groups in total. The Balaban J connectivity index is 1.10. The second-order valence-corrected chi connectivity index (χ2v) is 15.7. The normalized spacial score (nSPS) is 13.0. The number of hydrogen-bond acceptors (Lipinski definition) is 2. The molecule has 1 heterocycles. The number of fused-ring (bicyclic) bond motifs is 9. The molecule has 11 rings (SSSR count). The average molecular weight is 730 g/mol. The van der Waals surface area contributed by atoms with Gasteiger partial charge in [0.25, 0.3) is 0 Å². The number of para-hydroxylation sites is 1. The largest absolute Gasteiger partial charge is 0.456 e. The first-order valence-corrected chi connectivity index (χ1v) is 19.7. The third-order valence-corrected chi connectivity index (χ3v) is 12.1. The minimum absolute atomic E-state index is 0.129. The van der Waals surface area contributed by atoms with E-state index in [1.807, 2.05) is 0 Å². The molecule has 0 atom stereocenters. The van der Waals surface area contributed by atoms with Crippen molar-refractivity contribution in [2.75, 3.05) is 4.90 Å². The first-order chi connectivity index (χ1) is 28.0. The molecule has 0 unspecified atom stereocenters. The van der Waals surface area contributed by atoms with Crippen LogP contribution in [0, 0.1) is 0 Å². The van der Waals surface area contributed by atoms with Gasteiger partial charge in [0.1, 0.15) is 11.5 Å². The highest BCUT2D eigenvalue weighted by Crippen LogP contribution is 2.53. The fraction of sp³-hybridized carbons (Fsp3) is 0.0545. The first kappa shape index (κ1) is 33.2. The van der Waals surface area contributed by atoms with Crippen molar-refractivity contribution in [1.82, 2.24) is 0 Å². The summed E-state index contributed by atoms with van der Waals surface area (Å²) >= 11 is 0. The molecule has 270 valence electrons. The maximum Gasteiger partial charge on any atom is 0.135 e. The van der Waals surface area contributed by atoms with Gasteiger partial charge in [-0.05, 0) is 127 Å². The van der Waals surface area contributed by atoms with E-state index in [-0.39, 0.29) is 5.41 Å². The van der Waals surface area contributed by atoms with Gasteiger partial charge in [0.05, 0.1) is 0 Å². The van der Waals surface area contributed by atoms with Gasteiger partial charge in [-0.3, -0.25) is 0 Å².